The summed E-state index contributed by atoms with van der Waals surface area (Å²) < 4.78 is 5.99. The van der Waals surface area contributed by atoms with Gasteiger partial charge in [-0.05, 0) is 47.8 Å². The second-order valence-corrected chi connectivity index (χ2v) is 5.07. The topological polar surface area (TPSA) is 70.6 Å². The number of aliphatic hydroxyl groups is 1. The van der Waals surface area contributed by atoms with Crippen LogP contribution >= 0.6 is 15.9 Å². The average molecular weight is 331 g/mol. The van der Waals surface area contributed by atoms with Crippen LogP contribution in [-0.2, 0) is 0 Å². The molecule has 0 bridgehead atoms. The van der Waals surface area contributed by atoms with E-state index in [0.717, 1.165) is 10.9 Å². The molecule has 0 aromatic heterocycles. The molecule has 1 aromatic rings. The van der Waals surface area contributed by atoms with Gasteiger partial charge in [-0.3, -0.25) is 0 Å². The molecule has 0 saturated carbocycles. The van der Waals surface area contributed by atoms with Crippen molar-refractivity contribution in [2.75, 3.05) is 19.0 Å². The van der Waals surface area contributed by atoms with Crippen LogP contribution in [0, 0.1) is 0 Å². The summed E-state index contributed by atoms with van der Waals surface area (Å²) >= 11 is 3.35. The summed E-state index contributed by atoms with van der Waals surface area (Å²) in [7, 11) is 1.57. The molecule has 1 unspecified atom stereocenters. The number of benzene rings is 1. The maximum atomic E-state index is 11.7. The number of halogens is 1. The summed E-state index contributed by atoms with van der Waals surface area (Å²) in [6.07, 6.45) is 1.42. The summed E-state index contributed by atoms with van der Waals surface area (Å²) in [5.41, 5.74) is 0.659. The van der Waals surface area contributed by atoms with Gasteiger partial charge in [0.05, 0.1) is 11.6 Å². The molecule has 1 atom stereocenters. The normalized spacial score (nSPS) is 11.8. The number of anilines is 1. The Morgan fingerprint density at radius 3 is 2.89 bits per heavy atom. The molecule has 0 fully saturated rings. The SMILES string of the molecule is COc1cc(NC(=O)NC(C)CCCO)ccc1Br. The molecule has 0 aliphatic rings. The number of rotatable bonds is 6. The number of ether oxygens (including phenoxy) is 1. The van der Waals surface area contributed by atoms with E-state index in [9.17, 15) is 4.79 Å². The molecule has 0 heterocycles. The van der Waals surface area contributed by atoms with Crippen molar-refractivity contribution in [3.8, 4) is 5.75 Å². The summed E-state index contributed by atoms with van der Waals surface area (Å²) in [5, 5.41) is 14.3. The molecule has 6 heteroatoms. The molecule has 3 N–H and O–H groups in total. The van der Waals surface area contributed by atoms with E-state index in [4.69, 9.17) is 9.84 Å². The number of carbonyl (C=O) groups excluding carboxylic acids is 1. The smallest absolute Gasteiger partial charge is 0.319 e. The Balaban J connectivity index is 2.52. The van der Waals surface area contributed by atoms with Crippen LogP contribution in [0.25, 0.3) is 0 Å². The Morgan fingerprint density at radius 1 is 1.53 bits per heavy atom. The average Bonchev–Trinajstić information content (AvgIpc) is 2.38. The third kappa shape index (κ3) is 5.48. The predicted octanol–water partition coefficient (Wildman–Crippen LogP) is 2.74. The second kappa shape index (κ2) is 8.01. The lowest BCUT2D eigenvalue weighted by Gasteiger charge is -2.14. The highest BCUT2D eigenvalue weighted by Crippen LogP contribution is 2.27. The van der Waals surface area contributed by atoms with Gasteiger partial charge in [0.25, 0.3) is 0 Å². The molecule has 1 rings (SSSR count). The first-order valence-electron chi connectivity index (χ1n) is 6.08. The summed E-state index contributed by atoms with van der Waals surface area (Å²) in [6, 6.07) is 5.08. The van der Waals surface area contributed by atoms with Gasteiger partial charge in [0, 0.05) is 24.4 Å². The van der Waals surface area contributed by atoms with Gasteiger partial charge in [0.2, 0.25) is 0 Å². The van der Waals surface area contributed by atoms with E-state index in [-0.39, 0.29) is 18.7 Å². The van der Waals surface area contributed by atoms with Crippen molar-refractivity contribution in [1.82, 2.24) is 5.32 Å². The van der Waals surface area contributed by atoms with Crippen LogP contribution < -0.4 is 15.4 Å². The van der Waals surface area contributed by atoms with Crippen LogP contribution in [0.2, 0.25) is 0 Å². The summed E-state index contributed by atoms with van der Waals surface area (Å²) in [5.74, 6) is 0.658. The molecular formula is C13H19BrN2O3. The maximum absolute atomic E-state index is 11.7. The fraction of sp³-hybridized carbons (Fsp3) is 0.462. The van der Waals surface area contributed by atoms with E-state index < -0.39 is 0 Å². The Kier molecular flexibility index (Phi) is 6.66. The monoisotopic (exact) mass is 330 g/mol. The van der Waals surface area contributed by atoms with Crippen molar-refractivity contribution in [3.05, 3.63) is 22.7 Å². The van der Waals surface area contributed by atoms with Crippen molar-refractivity contribution >= 4 is 27.6 Å². The number of hydrogen-bond acceptors (Lipinski definition) is 3. The molecule has 19 heavy (non-hydrogen) atoms. The molecular weight excluding hydrogens is 312 g/mol. The standard InChI is InChI=1S/C13H19BrN2O3/c1-9(4-3-7-17)15-13(18)16-10-5-6-11(14)12(8-10)19-2/h5-6,8-9,17H,3-4,7H2,1-2H3,(H2,15,16,18). The van der Waals surface area contributed by atoms with Crippen LogP contribution in [-0.4, -0.2) is 30.9 Å². The minimum atomic E-state index is -0.269. The highest BCUT2D eigenvalue weighted by atomic mass is 79.9. The molecule has 0 saturated heterocycles. The molecule has 1 aromatic carbocycles. The van der Waals surface area contributed by atoms with E-state index in [1.54, 1.807) is 19.2 Å². The van der Waals surface area contributed by atoms with Crippen LogP contribution in [0.1, 0.15) is 19.8 Å². The number of carbonyl (C=O) groups is 1. The number of hydrogen-bond donors (Lipinski definition) is 3. The molecule has 106 valence electrons. The van der Waals surface area contributed by atoms with Crippen LogP contribution in [0.4, 0.5) is 10.5 Å². The Hall–Kier alpha value is -1.27. The van der Waals surface area contributed by atoms with Crippen molar-refractivity contribution in [3.63, 3.8) is 0 Å². The van der Waals surface area contributed by atoms with E-state index in [2.05, 4.69) is 26.6 Å². The zero-order chi connectivity index (χ0) is 14.3. The largest absolute Gasteiger partial charge is 0.495 e. The Morgan fingerprint density at radius 2 is 2.26 bits per heavy atom. The second-order valence-electron chi connectivity index (χ2n) is 4.21. The molecule has 2 amide bonds. The zero-order valence-corrected chi connectivity index (χ0v) is 12.7. The fourth-order valence-electron chi connectivity index (χ4n) is 1.60. The zero-order valence-electron chi connectivity index (χ0n) is 11.1. The van der Waals surface area contributed by atoms with Crippen molar-refractivity contribution < 1.29 is 14.6 Å². The van der Waals surface area contributed by atoms with E-state index in [1.807, 2.05) is 13.0 Å². The van der Waals surface area contributed by atoms with Crippen LogP contribution in [0.5, 0.6) is 5.75 Å². The number of urea groups is 1. The molecule has 5 nitrogen and oxygen atoms in total. The van der Waals surface area contributed by atoms with Gasteiger partial charge in [0.1, 0.15) is 5.75 Å². The first-order chi connectivity index (χ1) is 9.06. The number of aliphatic hydroxyl groups excluding tert-OH is 1. The minimum absolute atomic E-state index is 0.0180. The van der Waals surface area contributed by atoms with E-state index in [0.29, 0.717) is 17.9 Å². The number of amides is 2. The lowest BCUT2D eigenvalue weighted by Crippen LogP contribution is -2.36. The van der Waals surface area contributed by atoms with Gasteiger partial charge in [-0.2, -0.15) is 0 Å². The van der Waals surface area contributed by atoms with Gasteiger partial charge >= 0.3 is 6.03 Å². The minimum Gasteiger partial charge on any atom is -0.495 e. The third-order valence-corrected chi connectivity index (χ3v) is 3.24. The van der Waals surface area contributed by atoms with Crippen LogP contribution in [0.15, 0.2) is 22.7 Å². The molecule has 0 aliphatic heterocycles. The number of methoxy groups -OCH3 is 1. The summed E-state index contributed by atoms with van der Waals surface area (Å²) in [4.78, 5) is 11.7. The number of nitrogens with one attached hydrogen (secondary N) is 2. The van der Waals surface area contributed by atoms with Gasteiger partial charge in [-0.1, -0.05) is 0 Å². The molecule has 0 aliphatic carbocycles. The highest BCUT2D eigenvalue weighted by Gasteiger charge is 2.08. The first-order valence-corrected chi connectivity index (χ1v) is 6.88. The quantitative estimate of drug-likeness (QED) is 0.751. The lowest BCUT2D eigenvalue weighted by atomic mass is 10.2. The Labute approximate surface area is 121 Å². The van der Waals surface area contributed by atoms with Crippen molar-refractivity contribution in [2.24, 2.45) is 0 Å². The van der Waals surface area contributed by atoms with E-state index in [1.165, 1.54) is 0 Å². The molecule has 0 radical (unpaired) electrons. The summed E-state index contributed by atoms with van der Waals surface area (Å²) in [6.45, 7) is 2.04. The Bertz CT molecular complexity index is 426. The van der Waals surface area contributed by atoms with Gasteiger partial charge in [-0.15, -0.1) is 0 Å². The molecule has 0 spiro atoms. The highest BCUT2D eigenvalue weighted by molar-refractivity contribution is 9.10. The van der Waals surface area contributed by atoms with E-state index >= 15 is 0 Å². The van der Waals surface area contributed by atoms with Crippen molar-refractivity contribution in [2.45, 2.75) is 25.8 Å². The fourth-order valence-corrected chi connectivity index (χ4v) is 2.01. The van der Waals surface area contributed by atoms with Gasteiger partial charge in [-0.25, -0.2) is 4.79 Å². The third-order valence-electron chi connectivity index (χ3n) is 2.58. The maximum Gasteiger partial charge on any atom is 0.319 e. The lowest BCUT2D eigenvalue weighted by molar-refractivity contribution is 0.245. The van der Waals surface area contributed by atoms with Crippen molar-refractivity contribution in [1.29, 1.82) is 0 Å². The van der Waals surface area contributed by atoms with Gasteiger partial charge < -0.3 is 20.5 Å². The first kappa shape index (κ1) is 15.8. The van der Waals surface area contributed by atoms with Crippen LogP contribution in [0.3, 0.4) is 0 Å². The van der Waals surface area contributed by atoms with Gasteiger partial charge in [0.15, 0.2) is 0 Å². The predicted molar refractivity (Wildman–Crippen MR) is 78.6 cm³/mol.